The van der Waals surface area contributed by atoms with Crippen molar-refractivity contribution >= 4 is 50.0 Å². The molecule has 1 heterocycles. The average molecular weight is 390 g/mol. The van der Waals surface area contributed by atoms with Crippen molar-refractivity contribution in [1.82, 2.24) is 0 Å². The van der Waals surface area contributed by atoms with E-state index in [1.165, 1.54) is 6.07 Å². The first-order valence-corrected chi connectivity index (χ1v) is 9.79. The first-order chi connectivity index (χ1) is 12.0. The molecule has 0 aliphatic heterocycles. The Hall–Kier alpha value is -2.53. The SMILES string of the molecule is N#Cc1ccc(Nc2ccc(NS(=O)(=O)c3ccc(Cl)s3)cc2)cc1. The van der Waals surface area contributed by atoms with Crippen LogP contribution in [0.3, 0.4) is 0 Å². The van der Waals surface area contributed by atoms with E-state index in [2.05, 4.69) is 16.1 Å². The van der Waals surface area contributed by atoms with Gasteiger partial charge in [-0.1, -0.05) is 11.6 Å². The zero-order chi connectivity index (χ0) is 17.9. The van der Waals surface area contributed by atoms with Gasteiger partial charge >= 0.3 is 0 Å². The maximum atomic E-state index is 12.2. The fraction of sp³-hybridized carbons (Fsp3) is 0. The molecular formula is C17H12ClN3O2S2. The molecule has 0 aliphatic rings. The third-order valence-corrected chi connectivity index (χ3v) is 6.36. The Morgan fingerprint density at radius 1 is 0.880 bits per heavy atom. The topological polar surface area (TPSA) is 82.0 Å². The minimum atomic E-state index is -3.64. The molecule has 0 atom stereocenters. The van der Waals surface area contributed by atoms with E-state index >= 15 is 0 Å². The first-order valence-electron chi connectivity index (χ1n) is 7.12. The summed E-state index contributed by atoms with van der Waals surface area (Å²) in [5.41, 5.74) is 2.67. The first kappa shape index (κ1) is 17.3. The molecule has 0 bridgehead atoms. The highest BCUT2D eigenvalue weighted by atomic mass is 35.5. The van der Waals surface area contributed by atoms with Crippen molar-refractivity contribution in [2.24, 2.45) is 0 Å². The molecule has 25 heavy (non-hydrogen) atoms. The summed E-state index contributed by atoms with van der Waals surface area (Å²) in [6.07, 6.45) is 0. The van der Waals surface area contributed by atoms with Crippen molar-refractivity contribution < 1.29 is 8.42 Å². The van der Waals surface area contributed by atoms with Gasteiger partial charge in [0.1, 0.15) is 4.21 Å². The molecule has 3 aromatic rings. The van der Waals surface area contributed by atoms with Gasteiger partial charge in [0.2, 0.25) is 0 Å². The molecule has 0 amide bonds. The van der Waals surface area contributed by atoms with Crippen molar-refractivity contribution in [3.05, 3.63) is 70.6 Å². The van der Waals surface area contributed by atoms with Gasteiger partial charge < -0.3 is 5.32 Å². The lowest BCUT2D eigenvalue weighted by atomic mass is 10.2. The van der Waals surface area contributed by atoms with Gasteiger partial charge in [0.05, 0.1) is 16.0 Å². The van der Waals surface area contributed by atoms with Crippen LogP contribution in [0.15, 0.2) is 64.9 Å². The van der Waals surface area contributed by atoms with Crippen LogP contribution in [0.25, 0.3) is 0 Å². The largest absolute Gasteiger partial charge is 0.356 e. The summed E-state index contributed by atoms with van der Waals surface area (Å²) < 4.78 is 27.6. The smallest absolute Gasteiger partial charge is 0.271 e. The molecule has 126 valence electrons. The van der Waals surface area contributed by atoms with Crippen molar-refractivity contribution in [3.63, 3.8) is 0 Å². The van der Waals surface area contributed by atoms with Crippen molar-refractivity contribution in [1.29, 1.82) is 5.26 Å². The second-order valence-electron chi connectivity index (χ2n) is 5.06. The van der Waals surface area contributed by atoms with E-state index in [9.17, 15) is 8.42 Å². The average Bonchev–Trinajstić information content (AvgIpc) is 3.05. The van der Waals surface area contributed by atoms with Crippen molar-refractivity contribution in [2.45, 2.75) is 4.21 Å². The number of hydrogen-bond acceptors (Lipinski definition) is 5. The summed E-state index contributed by atoms with van der Waals surface area (Å²) in [6, 6.07) is 19.0. The molecule has 8 heteroatoms. The van der Waals surface area contributed by atoms with Crippen LogP contribution in [0.4, 0.5) is 17.1 Å². The van der Waals surface area contributed by atoms with Gasteiger partial charge in [-0.3, -0.25) is 4.72 Å². The van der Waals surface area contributed by atoms with Gasteiger partial charge in [-0.05, 0) is 60.7 Å². The summed E-state index contributed by atoms with van der Waals surface area (Å²) >= 11 is 6.79. The van der Waals surface area contributed by atoms with Crippen molar-refractivity contribution in [3.8, 4) is 6.07 Å². The molecule has 0 saturated heterocycles. The lowest BCUT2D eigenvalue weighted by molar-refractivity contribution is 0.603. The second kappa shape index (κ2) is 7.15. The molecule has 2 aromatic carbocycles. The van der Waals surface area contributed by atoms with E-state index in [0.29, 0.717) is 15.6 Å². The Morgan fingerprint density at radius 2 is 1.44 bits per heavy atom. The molecule has 2 N–H and O–H groups in total. The number of anilines is 3. The van der Waals surface area contributed by atoms with Crippen LogP contribution in [-0.2, 0) is 10.0 Å². The quantitative estimate of drug-likeness (QED) is 0.655. The van der Waals surface area contributed by atoms with E-state index in [1.807, 2.05) is 0 Å². The molecule has 0 unspecified atom stereocenters. The number of sulfonamides is 1. The minimum absolute atomic E-state index is 0.164. The van der Waals surface area contributed by atoms with E-state index < -0.39 is 10.0 Å². The van der Waals surface area contributed by atoms with Crippen molar-refractivity contribution in [2.75, 3.05) is 10.0 Å². The number of rotatable bonds is 5. The molecule has 0 aliphatic carbocycles. The molecule has 0 spiro atoms. The van der Waals surface area contributed by atoms with Crippen LogP contribution in [-0.4, -0.2) is 8.42 Å². The molecule has 0 saturated carbocycles. The van der Waals surface area contributed by atoms with Crippen LogP contribution in [0.1, 0.15) is 5.56 Å². The highest BCUT2D eigenvalue weighted by molar-refractivity contribution is 7.94. The number of hydrogen-bond donors (Lipinski definition) is 2. The van der Waals surface area contributed by atoms with Gasteiger partial charge in [0.15, 0.2) is 0 Å². The van der Waals surface area contributed by atoms with E-state index in [1.54, 1.807) is 54.6 Å². The minimum Gasteiger partial charge on any atom is -0.356 e. The Labute approximate surface area is 154 Å². The van der Waals surface area contributed by atoms with Crippen LogP contribution in [0.2, 0.25) is 4.34 Å². The third-order valence-electron chi connectivity index (χ3n) is 3.25. The lowest BCUT2D eigenvalue weighted by Crippen LogP contribution is -2.11. The van der Waals surface area contributed by atoms with Crippen LogP contribution in [0.5, 0.6) is 0 Å². The van der Waals surface area contributed by atoms with E-state index in [-0.39, 0.29) is 4.21 Å². The van der Waals surface area contributed by atoms with Gasteiger partial charge in [-0.2, -0.15) is 5.26 Å². The standard InChI is InChI=1S/C17H12ClN3O2S2/c18-16-9-10-17(24-16)25(22,23)21-15-7-5-14(6-8-15)20-13-3-1-12(11-19)2-4-13/h1-10,20-21H. The Morgan fingerprint density at radius 3 is 1.96 bits per heavy atom. The summed E-state index contributed by atoms with van der Waals surface area (Å²) in [5.74, 6) is 0. The monoisotopic (exact) mass is 389 g/mol. The van der Waals surface area contributed by atoms with E-state index in [4.69, 9.17) is 16.9 Å². The zero-order valence-electron chi connectivity index (χ0n) is 12.7. The second-order valence-corrected chi connectivity index (χ2v) is 8.68. The predicted octanol–water partition coefficient (Wildman–Crippen LogP) is 4.82. The Bertz CT molecular complexity index is 1020. The van der Waals surface area contributed by atoms with Gasteiger partial charge in [0, 0.05) is 17.1 Å². The number of halogens is 1. The highest BCUT2D eigenvalue weighted by Gasteiger charge is 2.16. The molecule has 5 nitrogen and oxygen atoms in total. The molecular weight excluding hydrogens is 378 g/mol. The zero-order valence-corrected chi connectivity index (χ0v) is 15.1. The maximum absolute atomic E-state index is 12.2. The molecule has 3 rings (SSSR count). The van der Waals surface area contributed by atoms with Crippen LogP contribution < -0.4 is 10.0 Å². The van der Waals surface area contributed by atoms with Gasteiger partial charge in [-0.15, -0.1) is 11.3 Å². The normalized spacial score (nSPS) is 10.9. The third kappa shape index (κ3) is 4.31. The predicted molar refractivity (Wildman–Crippen MR) is 101 cm³/mol. The molecule has 0 fully saturated rings. The molecule has 0 radical (unpaired) electrons. The fourth-order valence-corrected chi connectivity index (χ4v) is 4.61. The highest BCUT2D eigenvalue weighted by Crippen LogP contribution is 2.27. The lowest BCUT2D eigenvalue weighted by Gasteiger charge is -2.09. The number of nitrogens with one attached hydrogen (secondary N) is 2. The number of nitriles is 1. The van der Waals surface area contributed by atoms with Gasteiger partial charge in [-0.25, -0.2) is 8.42 Å². The fourth-order valence-electron chi connectivity index (χ4n) is 2.06. The summed E-state index contributed by atoms with van der Waals surface area (Å²) in [5, 5.41) is 12.0. The molecule has 1 aromatic heterocycles. The summed E-state index contributed by atoms with van der Waals surface area (Å²) in [7, 11) is -3.64. The van der Waals surface area contributed by atoms with Crippen LogP contribution >= 0.6 is 22.9 Å². The summed E-state index contributed by atoms with van der Waals surface area (Å²) in [4.78, 5) is 0. The number of nitrogens with zero attached hydrogens (tertiary/aromatic N) is 1. The maximum Gasteiger partial charge on any atom is 0.271 e. The van der Waals surface area contributed by atoms with Gasteiger partial charge in [0.25, 0.3) is 10.0 Å². The van der Waals surface area contributed by atoms with E-state index in [0.717, 1.165) is 22.7 Å². The Kier molecular flexibility index (Phi) is 4.95. The Balaban J connectivity index is 1.70. The summed E-state index contributed by atoms with van der Waals surface area (Å²) in [6.45, 7) is 0. The van der Waals surface area contributed by atoms with Crippen LogP contribution in [0, 0.1) is 11.3 Å². The number of benzene rings is 2. The number of thiophene rings is 1.